The topological polar surface area (TPSA) is 0 Å². The molecule has 0 fully saturated rings. The molecule has 0 heterocycles. The largest absolute Gasteiger partial charge is 4.00 e. The molecule has 3 aromatic rings. The van der Waals surface area contributed by atoms with Gasteiger partial charge >= 0.3 is 26.2 Å². The molecule has 0 aliphatic heterocycles. The smallest absolute Gasteiger partial charge is 0.358 e. The first-order valence-corrected chi connectivity index (χ1v) is 5.57. The van der Waals surface area contributed by atoms with Gasteiger partial charge in [-0.2, -0.15) is 30.3 Å². The molecule has 0 bridgehead atoms. The normalized spacial score (nSPS) is 8.32. The second-order valence-electron chi connectivity index (χ2n) is 4.01. The standard InChI is InChI=1S/C11H11.C5H5.2CH3.Zr/c1-8-6-7-9(2)11-5-3-4-10(8)11;1-2-4-5-3-1;;;/h3-7H,1-2H3;1-5H;2*1H3;/q4*-1;+4. The van der Waals surface area contributed by atoms with E-state index in [-0.39, 0.29) is 41.1 Å². The van der Waals surface area contributed by atoms with Gasteiger partial charge in [-0.15, -0.1) is 28.5 Å². The maximum Gasteiger partial charge on any atom is 4.00 e. The summed E-state index contributed by atoms with van der Waals surface area (Å²) in [4.78, 5) is 0. The van der Waals surface area contributed by atoms with Crippen LogP contribution in [-0.4, -0.2) is 0 Å². The van der Waals surface area contributed by atoms with Crippen LogP contribution in [0.15, 0.2) is 60.7 Å². The minimum atomic E-state index is 0. The molecule has 1 heteroatoms. The summed E-state index contributed by atoms with van der Waals surface area (Å²) in [6, 6.07) is 20.8. The van der Waals surface area contributed by atoms with E-state index in [0.717, 1.165) is 0 Å². The molecule has 0 spiro atoms. The maximum atomic E-state index is 2.18. The Kier molecular flexibility index (Phi) is 10.6. The van der Waals surface area contributed by atoms with E-state index < -0.39 is 0 Å². The van der Waals surface area contributed by atoms with E-state index in [4.69, 9.17) is 0 Å². The second kappa shape index (κ2) is 9.92. The molecule has 0 amide bonds. The number of fused-ring (bicyclic) bond motifs is 1. The third kappa shape index (κ3) is 5.29. The van der Waals surface area contributed by atoms with Gasteiger partial charge in [0.1, 0.15) is 0 Å². The zero-order valence-corrected chi connectivity index (χ0v) is 14.7. The Hall–Kier alpha value is -0.937. The van der Waals surface area contributed by atoms with Crippen LogP contribution in [-0.2, 0) is 26.2 Å². The fraction of sp³-hybridized carbons (Fsp3) is 0.111. The first kappa shape index (κ1) is 20.4. The Labute approximate surface area is 137 Å². The van der Waals surface area contributed by atoms with Crippen LogP contribution in [0.25, 0.3) is 10.8 Å². The predicted octanol–water partition coefficient (Wildman–Crippen LogP) is 5.48. The van der Waals surface area contributed by atoms with Gasteiger partial charge in [0.2, 0.25) is 0 Å². The molecule has 0 nitrogen and oxygen atoms in total. The molecule has 3 rings (SSSR count). The van der Waals surface area contributed by atoms with Crippen LogP contribution in [0.4, 0.5) is 0 Å². The molecule has 0 aliphatic carbocycles. The van der Waals surface area contributed by atoms with Crippen molar-refractivity contribution >= 4 is 10.8 Å². The Balaban J connectivity index is 0. The predicted molar refractivity (Wildman–Crippen MR) is 83.9 cm³/mol. The minimum absolute atomic E-state index is 0. The number of rotatable bonds is 0. The van der Waals surface area contributed by atoms with Crippen LogP contribution in [0.2, 0.25) is 0 Å². The summed E-state index contributed by atoms with van der Waals surface area (Å²) in [5.74, 6) is 0. The van der Waals surface area contributed by atoms with Crippen molar-refractivity contribution in [2.75, 3.05) is 0 Å². The molecule has 19 heavy (non-hydrogen) atoms. The van der Waals surface area contributed by atoms with Gasteiger partial charge in [-0.25, -0.2) is 12.1 Å². The quantitative estimate of drug-likeness (QED) is 0.479. The van der Waals surface area contributed by atoms with Crippen molar-refractivity contribution in [3.63, 3.8) is 0 Å². The van der Waals surface area contributed by atoms with Crippen molar-refractivity contribution in [3.8, 4) is 0 Å². The molecule has 0 aromatic heterocycles. The number of aryl methyl sites for hydroxylation is 2. The zero-order chi connectivity index (χ0) is 11.4. The molecule has 0 radical (unpaired) electrons. The SMILES string of the molecule is Cc1ccc(C)c2[cH-]ccc12.[CH3-].[CH3-].[Zr+4].c1cc[cH-]c1. The Morgan fingerprint density at radius 1 is 0.789 bits per heavy atom. The molecule has 0 saturated heterocycles. The molecular formula is C18H22Zr. The van der Waals surface area contributed by atoms with E-state index in [0.29, 0.717) is 0 Å². The molecule has 0 atom stereocenters. The van der Waals surface area contributed by atoms with E-state index in [1.54, 1.807) is 0 Å². The van der Waals surface area contributed by atoms with E-state index >= 15 is 0 Å². The first-order chi connectivity index (χ1) is 7.79. The summed E-state index contributed by atoms with van der Waals surface area (Å²) < 4.78 is 0. The Morgan fingerprint density at radius 2 is 1.37 bits per heavy atom. The van der Waals surface area contributed by atoms with E-state index in [9.17, 15) is 0 Å². The van der Waals surface area contributed by atoms with Crippen molar-refractivity contribution in [1.82, 2.24) is 0 Å². The second-order valence-corrected chi connectivity index (χ2v) is 4.01. The van der Waals surface area contributed by atoms with Gasteiger partial charge in [0.15, 0.2) is 0 Å². The van der Waals surface area contributed by atoms with Crippen molar-refractivity contribution in [3.05, 3.63) is 86.6 Å². The third-order valence-electron chi connectivity index (χ3n) is 2.80. The van der Waals surface area contributed by atoms with Crippen LogP contribution in [0, 0.1) is 28.7 Å². The van der Waals surface area contributed by atoms with Gasteiger partial charge in [0, 0.05) is 0 Å². The summed E-state index contributed by atoms with van der Waals surface area (Å²) in [5.41, 5.74) is 2.74. The van der Waals surface area contributed by atoms with Crippen molar-refractivity contribution in [2.24, 2.45) is 0 Å². The van der Waals surface area contributed by atoms with Crippen LogP contribution in [0.5, 0.6) is 0 Å². The summed E-state index contributed by atoms with van der Waals surface area (Å²) in [5, 5.41) is 2.79. The van der Waals surface area contributed by atoms with E-state index in [1.807, 2.05) is 30.3 Å². The van der Waals surface area contributed by atoms with Crippen LogP contribution in [0.3, 0.4) is 0 Å². The number of hydrogen-bond donors (Lipinski definition) is 0. The van der Waals surface area contributed by atoms with Gasteiger partial charge in [-0.05, 0) is 6.92 Å². The summed E-state index contributed by atoms with van der Waals surface area (Å²) >= 11 is 0. The molecule has 0 aliphatic rings. The molecule has 0 N–H and O–H groups in total. The van der Waals surface area contributed by atoms with Crippen LogP contribution < -0.4 is 0 Å². The zero-order valence-electron chi connectivity index (χ0n) is 12.3. The minimum Gasteiger partial charge on any atom is -0.358 e. The van der Waals surface area contributed by atoms with Gasteiger partial charge in [-0.3, -0.25) is 0 Å². The third-order valence-corrected chi connectivity index (χ3v) is 2.80. The van der Waals surface area contributed by atoms with Crippen molar-refractivity contribution in [1.29, 1.82) is 0 Å². The average molecular weight is 330 g/mol. The molecule has 0 unspecified atom stereocenters. The molecule has 3 aromatic carbocycles. The fourth-order valence-corrected chi connectivity index (χ4v) is 1.86. The van der Waals surface area contributed by atoms with Gasteiger partial charge in [0.05, 0.1) is 0 Å². The molecule has 98 valence electrons. The summed E-state index contributed by atoms with van der Waals surface area (Å²) in [7, 11) is 0. The Morgan fingerprint density at radius 3 is 1.84 bits per heavy atom. The summed E-state index contributed by atoms with van der Waals surface area (Å²) in [6.07, 6.45) is 0. The van der Waals surface area contributed by atoms with Gasteiger partial charge in [0.25, 0.3) is 0 Å². The monoisotopic (exact) mass is 328 g/mol. The van der Waals surface area contributed by atoms with Gasteiger partial charge in [-0.1, -0.05) is 18.6 Å². The van der Waals surface area contributed by atoms with Crippen molar-refractivity contribution < 1.29 is 26.2 Å². The fourth-order valence-electron chi connectivity index (χ4n) is 1.86. The van der Waals surface area contributed by atoms with Crippen molar-refractivity contribution in [2.45, 2.75) is 13.8 Å². The first-order valence-electron chi connectivity index (χ1n) is 5.57. The van der Waals surface area contributed by atoms with Crippen LogP contribution in [0.1, 0.15) is 11.1 Å². The summed E-state index contributed by atoms with van der Waals surface area (Å²) in [6.45, 7) is 4.31. The van der Waals surface area contributed by atoms with E-state index in [2.05, 4.69) is 44.2 Å². The number of hydrogen-bond acceptors (Lipinski definition) is 0. The molecule has 0 saturated carbocycles. The van der Waals surface area contributed by atoms with Gasteiger partial charge < -0.3 is 14.9 Å². The maximum absolute atomic E-state index is 2.18. The van der Waals surface area contributed by atoms with Crippen LogP contribution >= 0.6 is 0 Å². The van der Waals surface area contributed by atoms with E-state index in [1.165, 1.54) is 21.9 Å². The number of benzene rings is 1. The average Bonchev–Trinajstić information content (AvgIpc) is 2.94. The Bertz CT molecular complexity index is 491. The molecular weight excluding hydrogens is 307 g/mol.